The molecule has 3 aromatic rings. The van der Waals surface area contributed by atoms with Crippen molar-refractivity contribution in [3.05, 3.63) is 56.9 Å². The molecule has 4 N–H and O–H groups in total. The lowest BCUT2D eigenvalue weighted by molar-refractivity contribution is 0.0957. The summed E-state index contributed by atoms with van der Waals surface area (Å²) in [5, 5.41) is 6.16. The second-order valence-corrected chi connectivity index (χ2v) is 6.63. The molecule has 0 atom stereocenters. The lowest BCUT2D eigenvalue weighted by atomic mass is 10.1. The van der Waals surface area contributed by atoms with Gasteiger partial charge in [-0.15, -0.1) is 11.3 Å². The third kappa shape index (κ3) is 3.02. The zero-order chi connectivity index (χ0) is 16.4. The summed E-state index contributed by atoms with van der Waals surface area (Å²) in [6.07, 6.45) is 0.810. The summed E-state index contributed by atoms with van der Waals surface area (Å²) in [6, 6.07) is 8.22. The molecule has 2 aromatic heterocycles. The van der Waals surface area contributed by atoms with Gasteiger partial charge in [-0.05, 0) is 48.4 Å². The first-order chi connectivity index (χ1) is 11.1. The number of carbonyl (C=O) groups excluding carboxylic acids is 1. The van der Waals surface area contributed by atoms with Crippen molar-refractivity contribution in [2.24, 2.45) is 5.73 Å². The molecule has 0 bridgehead atoms. The number of carbonyl (C=O) groups is 1. The zero-order valence-corrected chi connectivity index (χ0v) is 14.2. The molecule has 0 saturated heterocycles. The van der Waals surface area contributed by atoms with Gasteiger partial charge in [-0.25, -0.2) is 0 Å². The minimum atomic E-state index is -0.0332. The molecule has 120 valence electrons. The normalized spacial score (nSPS) is 11.1. The smallest absolute Gasteiger partial charge is 0.261 e. The molecule has 2 heterocycles. The van der Waals surface area contributed by atoms with Gasteiger partial charge in [0, 0.05) is 29.7 Å². The van der Waals surface area contributed by atoms with E-state index in [4.69, 9.17) is 5.73 Å². The number of aromatic amines is 1. The first-order valence-electron chi connectivity index (χ1n) is 7.73. The van der Waals surface area contributed by atoms with E-state index in [1.807, 2.05) is 11.4 Å². The molecule has 0 saturated carbocycles. The van der Waals surface area contributed by atoms with Gasteiger partial charge in [0.15, 0.2) is 0 Å². The van der Waals surface area contributed by atoms with Crippen molar-refractivity contribution < 1.29 is 4.79 Å². The largest absolute Gasteiger partial charge is 0.358 e. The van der Waals surface area contributed by atoms with Crippen LogP contribution >= 0.6 is 11.3 Å². The van der Waals surface area contributed by atoms with Gasteiger partial charge in [0.05, 0.1) is 4.88 Å². The van der Waals surface area contributed by atoms with Gasteiger partial charge in [-0.3, -0.25) is 4.79 Å². The number of hydrogen-bond acceptors (Lipinski definition) is 3. The highest BCUT2D eigenvalue weighted by molar-refractivity contribution is 7.12. The average Bonchev–Trinajstić information content (AvgIpc) is 3.13. The zero-order valence-electron chi connectivity index (χ0n) is 13.4. The Morgan fingerprint density at radius 3 is 2.91 bits per heavy atom. The Kier molecular flexibility index (Phi) is 4.50. The number of aromatic nitrogens is 1. The standard InChI is InChI=1S/C18H21N3OS/c1-11-4-3-5-15-14(12(2)21-16(11)15)6-8-20-18(22)17-13(10-19)7-9-23-17/h3-5,7,9,21H,6,8,10,19H2,1-2H3,(H,20,22). The number of nitrogens with two attached hydrogens (primary N) is 1. The molecule has 0 unspecified atom stereocenters. The summed E-state index contributed by atoms with van der Waals surface area (Å²) in [5.41, 5.74) is 11.4. The van der Waals surface area contributed by atoms with Gasteiger partial charge < -0.3 is 16.0 Å². The lowest BCUT2D eigenvalue weighted by Gasteiger charge is -2.06. The number of fused-ring (bicyclic) bond motifs is 1. The molecule has 5 heteroatoms. The van der Waals surface area contributed by atoms with Crippen LogP contribution in [0.25, 0.3) is 10.9 Å². The van der Waals surface area contributed by atoms with Crippen LogP contribution in [0, 0.1) is 13.8 Å². The number of nitrogens with one attached hydrogen (secondary N) is 2. The first kappa shape index (κ1) is 15.8. The number of thiophene rings is 1. The number of benzene rings is 1. The average molecular weight is 327 g/mol. The molecule has 1 aromatic carbocycles. The Morgan fingerprint density at radius 1 is 1.30 bits per heavy atom. The molecule has 4 nitrogen and oxygen atoms in total. The predicted molar refractivity (Wildman–Crippen MR) is 96.0 cm³/mol. The quantitative estimate of drug-likeness (QED) is 0.673. The Hall–Kier alpha value is -2.11. The van der Waals surface area contributed by atoms with E-state index < -0.39 is 0 Å². The van der Waals surface area contributed by atoms with Gasteiger partial charge in [-0.2, -0.15) is 0 Å². The fourth-order valence-electron chi connectivity index (χ4n) is 2.95. The maximum Gasteiger partial charge on any atom is 0.261 e. The van der Waals surface area contributed by atoms with Crippen molar-refractivity contribution in [3.63, 3.8) is 0 Å². The molecule has 23 heavy (non-hydrogen) atoms. The Labute approximate surface area is 139 Å². The summed E-state index contributed by atoms with van der Waals surface area (Å²) >= 11 is 1.44. The van der Waals surface area contributed by atoms with Gasteiger partial charge >= 0.3 is 0 Å². The van der Waals surface area contributed by atoms with Crippen molar-refractivity contribution in [3.8, 4) is 0 Å². The van der Waals surface area contributed by atoms with Crippen LogP contribution < -0.4 is 11.1 Å². The Balaban J connectivity index is 1.71. The summed E-state index contributed by atoms with van der Waals surface area (Å²) in [6.45, 7) is 5.20. The van der Waals surface area contributed by atoms with Gasteiger partial charge in [0.25, 0.3) is 5.91 Å². The summed E-state index contributed by atoms with van der Waals surface area (Å²) in [7, 11) is 0. The van der Waals surface area contributed by atoms with Crippen molar-refractivity contribution in [1.29, 1.82) is 0 Å². The molecule has 0 aliphatic rings. The van der Waals surface area contributed by atoms with E-state index in [1.165, 1.54) is 39.1 Å². The summed E-state index contributed by atoms with van der Waals surface area (Å²) in [5.74, 6) is -0.0332. The van der Waals surface area contributed by atoms with Crippen molar-refractivity contribution in [1.82, 2.24) is 10.3 Å². The van der Waals surface area contributed by atoms with Crippen molar-refractivity contribution >= 4 is 28.1 Å². The van der Waals surface area contributed by atoms with Crippen LogP contribution in [0.1, 0.15) is 32.1 Å². The van der Waals surface area contributed by atoms with E-state index in [-0.39, 0.29) is 5.91 Å². The molecule has 0 aliphatic heterocycles. The predicted octanol–water partition coefficient (Wildman–Crippen LogP) is 3.28. The molecule has 1 amide bonds. The van der Waals surface area contributed by atoms with E-state index in [0.717, 1.165) is 16.9 Å². The van der Waals surface area contributed by atoms with E-state index in [9.17, 15) is 4.79 Å². The van der Waals surface area contributed by atoms with E-state index in [0.29, 0.717) is 13.1 Å². The Bertz CT molecular complexity index is 847. The second kappa shape index (κ2) is 6.56. The summed E-state index contributed by atoms with van der Waals surface area (Å²) in [4.78, 5) is 16.4. The topological polar surface area (TPSA) is 70.9 Å². The van der Waals surface area contributed by atoms with Crippen molar-refractivity contribution in [2.75, 3.05) is 6.54 Å². The molecule has 0 aliphatic carbocycles. The molecule has 0 fully saturated rings. The van der Waals surface area contributed by atoms with Crippen LogP contribution in [-0.4, -0.2) is 17.4 Å². The molecule has 3 rings (SSSR count). The number of aryl methyl sites for hydroxylation is 2. The fourth-order valence-corrected chi connectivity index (χ4v) is 3.80. The number of amides is 1. The second-order valence-electron chi connectivity index (χ2n) is 5.71. The first-order valence-corrected chi connectivity index (χ1v) is 8.61. The minimum Gasteiger partial charge on any atom is -0.358 e. The van der Waals surface area contributed by atoms with Crippen molar-refractivity contribution in [2.45, 2.75) is 26.8 Å². The molecular weight excluding hydrogens is 306 g/mol. The third-order valence-electron chi connectivity index (χ3n) is 4.20. The van der Waals surface area contributed by atoms with Crippen LogP contribution in [0.15, 0.2) is 29.6 Å². The Morgan fingerprint density at radius 2 is 2.13 bits per heavy atom. The van der Waals surface area contributed by atoms with Crippen LogP contribution in [0.5, 0.6) is 0 Å². The van der Waals surface area contributed by atoms with E-state index >= 15 is 0 Å². The fraction of sp³-hybridized carbons (Fsp3) is 0.278. The van der Waals surface area contributed by atoms with Crippen LogP contribution in [0.2, 0.25) is 0 Å². The van der Waals surface area contributed by atoms with Crippen LogP contribution in [0.4, 0.5) is 0 Å². The maximum atomic E-state index is 12.3. The number of para-hydroxylation sites is 1. The highest BCUT2D eigenvalue weighted by atomic mass is 32.1. The SMILES string of the molecule is Cc1[nH]c2c(C)cccc2c1CCNC(=O)c1sccc1CN. The van der Waals surface area contributed by atoms with E-state index in [1.54, 1.807) is 0 Å². The number of H-pyrrole nitrogens is 1. The highest BCUT2D eigenvalue weighted by Gasteiger charge is 2.13. The van der Waals surface area contributed by atoms with Gasteiger partial charge in [0.1, 0.15) is 0 Å². The third-order valence-corrected chi connectivity index (χ3v) is 5.15. The lowest BCUT2D eigenvalue weighted by Crippen LogP contribution is -2.26. The number of rotatable bonds is 5. The highest BCUT2D eigenvalue weighted by Crippen LogP contribution is 2.25. The molecule has 0 spiro atoms. The maximum absolute atomic E-state index is 12.3. The summed E-state index contributed by atoms with van der Waals surface area (Å²) < 4.78 is 0. The van der Waals surface area contributed by atoms with Crippen LogP contribution in [0.3, 0.4) is 0 Å². The minimum absolute atomic E-state index is 0.0332. The molecule has 0 radical (unpaired) electrons. The molecular formula is C18H21N3OS. The number of hydrogen-bond donors (Lipinski definition) is 3. The van der Waals surface area contributed by atoms with Gasteiger partial charge in [-0.1, -0.05) is 18.2 Å². The van der Waals surface area contributed by atoms with Gasteiger partial charge in [0.2, 0.25) is 0 Å². The van der Waals surface area contributed by atoms with Crippen LogP contribution in [-0.2, 0) is 13.0 Å². The van der Waals surface area contributed by atoms with E-state index in [2.05, 4.69) is 42.3 Å². The monoisotopic (exact) mass is 327 g/mol.